The SMILES string of the molecule is CC(=O)N1C[C@@H](C(=O)N(C)c2c(N)n(Cc3ccccc3)c(=O)[nH]c2=O)Oc2ccccc21. The molecule has 2 amide bonds. The van der Waals surface area contributed by atoms with Gasteiger partial charge in [0.2, 0.25) is 5.91 Å². The van der Waals surface area contributed by atoms with E-state index in [-0.39, 0.29) is 30.5 Å². The molecule has 10 heteroatoms. The molecule has 0 unspecified atom stereocenters. The topological polar surface area (TPSA) is 131 Å². The second-order valence-electron chi connectivity index (χ2n) is 7.67. The first-order valence-electron chi connectivity index (χ1n) is 10.3. The Morgan fingerprint density at radius 2 is 1.79 bits per heavy atom. The molecular formula is C23H23N5O5. The van der Waals surface area contributed by atoms with Gasteiger partial charge >= 0.3 is 5.69 Å². The van der Waals surface area contributed by atoms with E-state index in [1.54, 1.807) is 24.3 Å². The summed E-state index contributed by atoms with van der Waals surface area (Å²) >= 11 is 0. The third-order valence-electron chi connectivity index (χ3n) is 5.49. The molecular weight excluding hydrogens is 426 g/mol. The van der Waals surface area contributed by atoms with Crippen LogP contribution in [0.5, 0.6) is 5.75 Å². The smallest absolute Gasteiger partial charge is 0.330 e. The summed E-state index contributed by atoms with van der Waals surface area (Å²) in [5.41, 5.74) is 5.90. The zero-order valence-corrected chi connectivity index (χ0v) is 18.1. The fourth-order valence-corrected chi connectivity index (χ4v) is 3.81. The molecule has 4 rings (SSSR count). The maximum Gasteiger partial charge on any atom is 0.330 e. The highest BCUT2D eigenvalue weighted by Crippen LogP contribution is 2.33. The molecule has 2 heterocycles. The number of nitrogen functional groups attached to an aromatic ring is 1. The van der Waals surface area contributed by atoms with Crippen LogP contribution in [0.1, 0.15) is 12.5 Å². The largest absolute Gasteiger partial charge is 0.476 e. The summed E-state index contributed by atoms with van der Waals surface area (Å²) in [4.78, 5) is 55.2. The van der Waals surface area contributed by atoms with Gasteiger partial charge in [-0.25, -0.2) is 4.79 Å². The number of nitrogens with two attached hydrogens (primary N) is 1. The van der Waals surface area contributed by atoms with Crippen LogP contribution in [0.2, 0.25) is 0 Å². The van der Waals surface area contributed by atoms with Crippen LogP contribution in [0.15, 0.2) is 64.2 Å². The maximum absolute atomic E-state index is 13.3. The quantitative estimate of drug-likeness (QED) is 0.610. The molecule has 1 aliphatic heterocycles. The van der Waals surface area contributed by atoms with Gasteiger partial charge in [-0.15, -0.1) is 0 Å². The van der Waals surface area contributed by atoms with Crippen LogP contribution in [-0.4, -0.2) is 41.1 Å². The van der Waals surface area contributed by atoms with E-state index in [0.717, 1.165) is 10.5 Å². The lowest BCUT2D eigenvalue weighted by atomic mass is 10.1. The first-order chi connectivity index (χ1) is 15.8. The Hall–Kier alpha value is -4.34. The average molecular weight is 449 g/mol. The summed E-state index contributed by atoms with van der Waals surface area (Å²) in [6.07, 6.45) is -1.07. The molecule has 3 aromatic rings. The van der Waals surface area contributed by atoms with Crippen LogP contribution in [0, 0.1) is 0 Å². The summed E-state index contributed by atoms with van der Waals surface area (Å²) in [5, 5.41) is 0. The molecule has 33 heavy (non-hydrogen) atoms. The summed E-state index contributed by atoms with van der Waals surface area (Å²) < 4.78 is 7.03. The van der Waals surface area contributed by atoms with Crippen molar-refractivity contribution < 1.29 is 14.3 Å². The zero-order chi connectivity index (χ0) is 23.7. The molecule has 2 aromatic carbocycles. The van der Waals surface area contributed by atoms with Crippen LogP contribution in [0.25, 0.3) is 0 Å². The van der Waals surface area contributed by atoms with Crippen molar-refractivity contribution in [1.82, 2.24) is 9.55 Å². The first-order valence-corrected chi connectivity index (χ1v) is 10.3. The first kappa shape index (κ1) is 21.9. The molecule has 0 fully saturated rings. The minimum atomic E-state index is -1.07. The van der Waals surface area contributed by atoms with Crippen molar-refractivity contribution >= 4 is 29.0 Å². The van der Waals surface area contributed by atoms with Crippen LogP contribution >= 0.6 is 0 Å². The van der Waals surface area contributed by atoms with Crippen LogP contribution in [0.4, 0.5) is 17.2 Å². The Balaban J connectivity index is 1.68. The summed E-state index contributed by atoms with van der Waals surface area (Å²) in [5.74, 6) is -0.609. The van der Waals surface area contributed by atoms with E-state index in [0.29, 0.717) is 11.4 Å². The Bertz CT molecular complexity index is 1330. The fraction of sp³-hybridized carbons (Fsp3) is 0.217. The number of likely N-dealkylation sites (N-methyl/N-ethyl adjacent to an activating group) is 1. The number of para-hydroxylation sites is 2. The molecule has 0 spiro atoms. The third-order valence-corrected chi connectivity index (χ3v) is 5.49. The average Bonchev–Trinajstić information content (AvgIpc) is 2.80. The molecule has 0 aliphatic carbocycles. The maximum atomic E-state index is 13.3. The van der Waals surface area contributed by atoms with Gasteiger partial charge in [0.1, 0.15) is 11.6 Å². The molecule has 10 nitrogen and oxygen atoms in total. The van der Waals surface area contributed by atoms with Crippen molar-refractivity contribution in [3.8, 4) is 5.75 Å². The standard InChI is InChI=1S/C23H23N5O5/c1-14(29)27-13-18(33-17-11-7-6-10-16(17)27)22(31)26(2)19-20(24)28(23(32)25-21(19)30)12-15-8-4-3-5-9-15/h3-11,18H,12-13,24H2,1-2H3,(H,25,30,32)/t18-/m0/s1. The summed E-state index contributed by atoms with van der Waals surface area (Å²) in [7, 11) is 1.38. The van der Waals surface area contributed by atoms with Gasteiger partial charge in [0.25, 0.3) is 11.5 Å². The van der Waals surface area contributed by atoms with E-state index < -0.39 is 23.3 Å². The zero-order valence-electron chi connectivity index (χ0n) is 18.1. The predicted molar refractivity (Wildman–Crippen MR) is 124 cm³/mol. The van der Waals surface area contributed by atoms with E-state index in [1.807, 2.05) is 30.3 Å². The highest BCUT2D eigenvalue weighted by Gasteiger charge is 2.35. The summed E-state index contributed by atoms with van der Waals surface area (Å²) in [6.45, 7) is 1.48. The number of carbonyl (C=O) groups is 2. The normalized spacial score (nSPS) is 14.8. The van der Waals surface area contributed by atoms with Crippen molar-refractivity contribution in [2.75, 3.05) is 29.1 Å². The van der Waals surface area contributed by atoms with Crippen LogP contribution in [0.3, 0.4) is 0 Å². The lowest BCUT2D eigenvalue weighted by Gasteiger charge is -2.35. The lowest BCUT2D eigenvalue weighted by molar-refractivity contribution is -0.125. The van der Waals surface area contributed by atoms with Gasteiger partial charge in [0.05, 0.1) is 18.8 Å². The number of H-pyrrole nitrogens is 1. The Labute approximate surface area is 188 Å². The van der Waals surface area contributed by atoms with E-state index in [4.69, 9.17) is 10.5 Å². The van der Waals surface area contributed by atoms with Crippen molar-refractivity contribution in [3.63, 3.8) is 0 Å². The molecule has 170 valence electrons. The number of hydrogen-bond acceptors (Lipinski definition) is 6. The van der Waals surface area contributed by atoms with Gasteiger partial charge in [-0.1, -0.05) is 42.5 Å². The van der Waals surface area contributed by atoms with Crippen LogP contribution < -0.4 is 31.5 Å². The van der Waals surface area contributed by atoms with E-state index >= 15 is 0 Å². The minimum Gasteiger partial charge on any atom is -0.476 e. The lowest BCUT2D eigenvalue weighted by Crippen LogP contribution is -2.52. The number of rotatable bonds is 4. The van der Waals surface area contributed by atoms with Gasteiger partial charge in [-0.2, -0.15) is 0 Å². The number of aromatic nitrogens is 2. The molecule has 0 bridgehead atoms. The van der Waals surface area contributed by atoms with Gasteiger partial charge in [0, 0.05) is 14.0 Å². The van der Waals surface area contributed by atoms with Crippen LogP contribution in [-0.2, 0) is 16.1 Å². The summed E-state index contributed by atoms with van der Waals surface area (Å²) in [6, 6.07) is 16.0. The minimum absolute atomic E-state index is 0.0308. The van der Waals surface area contributed by atoms with E-state index in [2.05, 4.69) is 4.98 Å². The van der Waals surface area contributed by atoms with Gasteiger partial charge < -0.3 is 20.3 Å². The Morgan fingerprint density at radius 3 is 2.48 bits per heavy atom. The highest BCUT2D eigenvalue weighted by molar-refractivity contribution is 6.01. The number of nitrogens with zero attached hydrogens (tertiary/aromatic N) is 3. The number of aromatic amines is 1. The number of nitrogens with one attached hydrogen (secondary N) is 1. The number of carbonyl (C=O) groups excluding carboxylic acids is 2. The molecule has 0 saturated carbocycles. The Kier molecular flexibility index (Phi) is 5.74. The van der Waals surface area contributed by atoms with Gasteiger partial charge in [0.15, 0.2) is 11.8 Å². The number of amides is 2. The van der Waals surface area contributed by atoms with Crippen molar-refractivity contribution in [1.29, 1.82) is 0 Å². The van der Waals surface area contributed by atoms with Crippen molar-refractivity contribution in [2.24, 2.45) is 0 Å². The Morgan fingerprint density at radius 1 is 1.12 bits per heavy atom. The molecule has 1 atom stereocenters. The number of fused-ring (bicyclic) bond motifs is 1. The second-order valence-corrected chi connectivity index (χ2v) is 7.67. The third kappa shape index (κ3) is 4.10. The fourth-order valence-electron chi connectivity index (χ4n) is 3.81. The monoisotopic (exact) mass is 449 g/mol. The molecule has 1 aliphatic rings. The molecule has 0 radical (unpaired) electrons. The molecule has 1 aromatic heterocycles. The molecule has 3 N–H and O–H groups in total. The number of hydrogen-bond donors (Lipinski definition) is 2. The van der Waals surface area contributed by atoms with E-state index in [9.17, 15) is 19.2 Å². The highest BCUT2D eigenvalue weighted by atomic mass is 16.5. The van der Waals surface area contributed by atoms with Crippen molar-refractivity contribution in [3.05, 3.63) is 81.0 Å². The second kappa shape index (κ2) is 8.65. The van der Waals surface area contributed by atoms with Gasteiger partial charge in [-0.05, 0) is 17.7 Å². The predicted octanol–water partition coefficient (Wildman–Crippen LogP) is 0.944. The molecule has 0 saturated heterocycles. The number of anilines is 3. The van der Waals surface area contributed by atoms with Crippen molar-refractivity contribution in [2.45, 2.75) is 19.6 Å². The van der Waals surface area contributed by atoms with Gasteiger partial charge in [-0.3, -0.25) is 23.9 Å². The number of ether oxygens (including phenoxy) is 1. The number of benzene rings is 2. The van der Waals surface area contributed by atoms with E-state index in [1.165, 1.54) is 23.4 Å².